The second kappa shape index (κ2) is 8.26. The summed E-state index contributed by atoms with van der Waals surface area (Å²) in [7, 11) is 0. The quantitative estimate of drug-likeness (QED) is 0.448. The van der Waals surface area contributed by atoms with Crippen molar-refractivity contribution in [2.45, 2.75) is 91.6 Å². The number of ether oxygens (including phenoxy) is 2. The average molecular weight is 428 g/mol. The highest BCUT2D eigenvalue weighted by Crippen LogP contribution is 2.67. The van der Waals surface area contributed by atoms with E-state index in [1.165, 1.54) is 38.7 Å². The Balaban J connectivity index is 1.54. The SMILES string of the molecule is CC(=O)OC/C(C#N)=C1/CC[C@H]2[C@@H]3CC[C@H]4C[C@@H](OC(C)=O)CC[C@]4(C)[C@H]3CC[C@]12C. The van der Waals surface area contributed by atoms with Gasteiger partial charge in [0.1, 0.15) is 12.7 Å². The number of fused-ring (bicyclic) bond motifs is 5. The fourth-order valence-corrected chi connectivity index (χ4v) is 8.23. The van der Waals surface area contributed by atoms with E-state index in [0.717, 1.165) is 44.4 Å². The van der Waals surface area contributed by atoms with Crippen molar-refractivity contribution in [3.8, 4) is 6.07 Å². The number of hydrogen-bond acceptors (Lipinski definition) is 5. The summed E-state index contributed by atoms with van der Waals surface area (Å²) in [5, 5.41) is 9.78. The molecule has 0 amide bonds. The van der Waals surface area contributed by atoms with Crippen LogP contribution in [-0.2, 0) is 19.1 Å². The summed E-state index contributed by atoms with van der Waals surface area (Å²) >= 11 is 0. The smallest absolute Gasteiger partial charge is 0.302 e. The highest BCUT2D eigenvalue weighted by molar-refractivity contribution is 5.66. The van der Waals surface area contributed by atoms with E-state index in [1.807, 2.05) is 0 Å². The summed E-state index contributed by atoms with van der Waals surface area (Å²) in [6, 6.07) is 2.36. The molecule has 5 heteroatoms. The number of hydrogen-bond donors (Lipinski definition) is 0. The molecule has 0 spiro atoms. The standard InChI is InChI=1S/C26H37NO4/c1-16(28)30-15-18(14-27)22-7-8-23-21-6-5-19-13-20(31-17(2)29)9-11-25(19,3)24(21)10-12-26(22,23)4/h19-21,23-24H,5-13,15H2,1-4H3/b22-18-/t19-,20-,21-,23-,24-,25-,26+/m0/s1. The zero-order chi connectivity index (χ0) is 22.4. The van der Waals surface area contributed by atoms with Crippen LogP contribution < -0.4 is 0 Å². The van der Waals surface area contributed by atoms with E-state index in [4.69, 9.17) is 9.47 Å². The van der Waals surface area contributed by atoms with Gasteiger partial charge in [-0.05, 0) is 97.9 Å². The van der Waals surface area contributed by atoms with Crippen molar-refractivity contribution in [1.82, 2.24) is 0 Å². The minimum Gasteiger partial charge on any atom is -0.463 e. The third-order valence-electron chi connectivity index (χ3n) is 9.65. The fourth-order valence-electron chi connectivity index (χ4n) is 8.23. The van der Waals surface area contributed by atoms with Gasteiger partial charge in [-0.3, -0.25) is 9.59 Å². The maximum atomic E-state index is 11.5. The van der Waals surface area contributed by atoms with Crippen LogP contribution in [0.5, 0.6) is 0 Å². The first-order valence-electron chi connectivity index (χ1n) is 12.1. The van der Waals surface area contributed by atoms with Gasteiger partial charge in [0.15, 0.2) is 0 Å². The lowest BCUT2D eigenvalue weighted by atomic mass is 9.45. The van der Waals surface area contributed by atoms with Crippen molar-refractivity contribution < 1.29 is 19.1 Å². The molecule has 4 fully saturated rings. The van der Waals surface area contributed by atoms with E-state index in [-0.39, 0.29) is 30.1 Å². The van der Waals surface area contributed by atoms with Crippen LogP contribution in [-0.4, -0.2) is 24.6 Å². The Kier molecular flexibility index (Phi) is 5.96. The largest absolute Gasteiger partial charge is 0.463 e. The van der Waals surface area contributed by atoms with E-state index in [0.29, 0.717) is 28.7 Å². The molecule has 0 aromatic heterocycles. The molecule has 4 rings (SSSR count). The van der Waals surface area contributed by atoms with E-state index < -0.39 is 0 Å². The van der Waals surface area contributed by atoms with Gasteiger partial charge in [0, 0.05) is 13.8 Å². The summed E-state index contributed by atoms with van der Waals surface area (Å²) < 4.78 is 10.8. The van der Waals surface area contributed by atoms with Crippen LogP contribution in [0.1, 0.15) is 85.5 Å². The Morgan fingerprint density at radius 1 is 1.03 bits per heavy atom. The van der Waals surface area contributed by atoms with Crippen LogP contribution in [0.15, 0.2) is 11.1 Å². The highest BCUT2D eigenvalue weighted by Gasteiger charge is 2.59. The van der Waals surface area contributed by atoms with Crippen molar-refractivity contribution in [1.29, 1.82) is 5.26 Å². The van der Waals surface area contributed by atoms with Crippen molar-refractivity contribution in [2.24, 2.45) is 34.5 Å². The Hall–Kier alpha value is -1.83. The van der Waals surface area contributed by atoms with Crippen LogP contribution in [0, 0.1) is 45.8 Å². The van der Waals surface area contributed by atoms with Crippen molar-refractivity contribution in [3.05, 3.63) is 11.1 Å². The van der Waals surface area contributed by atoms with E-state index in [1.54, 1.807) is 0 Å². The zero-order valence-corrected chi connectivity index (χ0v) is 19.5. The van der Waals surface area contributed by atoms with Crippen LogP contribution >= 0.6 is 0 Å². The molecule has 4 saturated carbocycles. The monoisotopic (exact) mass is 427 g/mol. The Labute approximate surface area is 186 Å². The van der Waals surface area contributed by atoms with Crippen molar-refractivity contribution >= 4 is 11.9 Å². The van der Waals surface area contributed by atoms with Gasteiger partial charge in [0.2, 0.25) is 0 Å². The first kappa shape index (κ1) is 22.4. The molecule has 0 aromatic carbocycles. The topological polar surface area (TPSA) is 76.4 Å². The maximum Gasteiger partial charge on any atom is 0.302 e. The Bertz CT molecular complexity index is 826. The molecule has 31 heavy (non-hydrogen) atoms. The van der Waals surface area contributed by atoms with Crippen LogP contribution in [0.25, 0.3) is 0 Å². The minimum absolute atomic E-state index is 0.0600. The lowest BCUT2D eigenvalue weighted by Gasteiger charge is -2.60. The summed E-state index contributed by atoms with van der Waals surface area (Å²) in [4.78, 5) is 22.8. The lowest BCUT2D eigenvalue weighted by Crippen LogP contribution is -2.53. The first-order chi connectivity index (χ1) is 14.7. The molecule has 170 valence electrons. The third-order valence-corrected chi connectivity index (χ3v) is 9.65. The van der Waals surface area contributed by atoms with E-state index in [2.05, 4.69) is 19.9 Å². The summed E-state index contributed by atoms with van der Waals surface area (Å²) in [5.74, 6) is 2.21. The molecule has 0 bridgehead atoms. The van der Waals surface area contributed by atoms with Crippen LogP contribution in [0.4, 0.5) is 0 Å². The molecule has 0 aliphatic heterocycles. The van der Waals surface area contributed by atoms with Gasteiger partial charge in [-0.15, -0.1) is 0 Å². The van der Waals surface area contributed by atoms with Crippen molar-refractivity contribution in [3.63, 3.8) is 0 Å². The Morgan fingerprint density at radius 2 is 1.81 bits per heavy atom. The number of rotatable bonds is 3. The predicted octanol–water partition coefficient (Wildman–Crippen LogP) is 5.34. The summed E-state index contributed by atoms with van der Waals surface area (Å²) in [6.07, 6.45) is 10.2. The minimum atomic E-state index is -0.327. The second-order valence-electron chi connectivity index (χ2n) is 11.0. The number of nitriles is 1. The molecule has 7 atom stereocenters. The van der Waals surface area contributed by atoms with E-state index >= 15 is 0 Å². The van der Waals surface area contributed by atoms with Gasteiger partial charge in [0.05, 0.1) is 11.6 Å². The van der Waals surface area contributed by atoms with Gasteiger partial charge in [-0.25, -0.2) is 0 Å². The predicted molar refractivity (Wildman–Crippen MR) is 117 cm³/mol. The molecule has 4 aliphatic carbocycles. The molecule has 0 saturated heterocycles. The normalized spacial score (nSPS) is 43.0. The Morgan fingerprint density at radius 3 is 2.48 bits per heavy atom. The van der Waals surface area contributed by atoms with Gasteiger partial charge >= 0.3 is 11.9 Å². The zero-order valence-electron chi connectivity index (χ0n) is 19.5. The number of esters is 2. The molecule has 0 N–H and O–H groups in total. The third kappa shape index (κ3) is 3.81. The van der Waals surface area contributed by atoms with E-state index in [9.17, 15) is 14.9 Å². The van der Waals surface area contributed by atoms with Gasteiger partial charge in [-0.1, -0.05) is 13.8 Å². The van der Waals surface area contributed by atoms with Gasteiger partial charge < -0.3 is 9.47 Å². The molecule has 5 nitrogen and oxygen atoms in total. The van der Waals surface area contributed by atoms with Crippen LogP contribution in [0.3, 0.4) is 0 Å². The molecular formula is C26H37NO4. The second-order valence-corrected chi connectivity index (χ2v) is 11.0. The molecule has 0 radical (unpaired) electrons. The number of nitrogens with zero attached hydrogens (tertiary/aromatic N) is 1. The highest BCUT2D eigenvalue weighted by atomic mass is 16.5. The fraction of sp³-hybridized carbons (Fsp3) is 0.808. The van der Waals surface area contributed by atoms with Gasteiger partial charge in [-0.2, -0.15) is 5.26 Å². The molecule has 0 unspecified atom stereocenters. The first-order valence-corrected chi connectivity index (χ1v) is 12.1. The molecule has 0 heterocycles. The summed E-state index contributed by atoms with van der Waals surface area (Å²) in [5.41, 5.74) is 2.33. The van der Waals surface area contributed by atoms with Crippen LogP contribution in [0.2, 0.25) is 0 Å². The molecule has 4 aliphatic rings. The van der Waals surface area contributed by atoms with Gasteiger partial charge in [0.25, 0.3) is 0 Å². The maximum absolute atomic E-state index is 11.5. The lowest BCUT2D eigenvalue weighted by molar-refractivity contribution is -0.158. The summed E-state index contributed by atoms with van der Waals surface area (Å²) in [6.45, 7) is 7.92. The molecule has 0 aromatic rings. The number of allylic oxidation sites excluding steroid dienone is 1. The number of carbonyl (C=O) groups is 2. The number of carbonyl (C=O) groups excluding carboxylic acids is 2. The molecular weight excluding hydrogens is 390 g/mol. The average Bonchev–Trinajstić information content (AvgIpc) is 3.05. The van der Waals surface area contributed by atoms with Crippen molar-refractivity contribution in [2.75, 3.05) is 6.61 Å².